The molecule has 0 bridgehead atoms. The number of hydrogen-bond acceptors (Lipinski definition) is 3. The lowest BCUT2D eigenvalue weighted by Crippen LogP contribution is -2.09. The molecule has 2 aromatic carbocycles. The van der Waals surface area contributed by atoms with E-state index in [2.05, 4.69) is 6.08 Å². The van der Waals surface area contributed by atoms with Gasteiger partial charge in [0.05, 0.1) is 5.56 Å². The van der Waals surface area contributed by atoms with Gasteiger partial charge in [-0.25, -0.2) is 9.18 Å². The van der Waals surface area contributed by atoms with Crippen LogP contribution >= 0.6 is 0 Å². The third-order valence-corrected chi connectivity index (χ3v) is 4.43. The molecule has 3 nitrogen and oxygen atoms in total. The van der Waals surface area contributed by atoms with E-state index in [-0.39, 0.29) is 11.4 Å². The Kier molecular flexibility index (Phi) is 3.45. The molecule has 4 rings (SSSR count). The molecule has 1 aromatic heterocycles. The lowest BCUT2D eigenvalue weighted by Gasteiger charge is -2.13. The summed E-state index contributed by atoms with van der Waals surface area (Å²) >= 11 is 0. The van der Waals surface area contributed by atoms with Crippen molar-refractivity contribution in [3.05, 3.63) is 70.3 Å². The summed E-state index contributed by atoms with van der Waals surface area (Å²) < 4.78 is 18.9. The second-order valence-corrected chi connectivity index (χ2v) is 6.02. The summed E-state index contributed by atoms with van der Waals surface area (Å²) in [5.74, 6) is -0.308. The summed E-state index contributed by atoms with van der Waals surface area (Å²) in [4.78, 5) is 12.7. The molecule has 1 aliphatic carbocycles. The number of halogens is 1. The van der Waals surface area contributed by atoms with Crippen LogP contribution < -0.4 is 11.4 Å². The number of hydrogen-bond donors (Lipinski definition) is 1. The van der Waals surface area contributed by atoms with Gasteiger partial charge in [-0.05, 0) is 54.7 Å². The Bertz CT molecular complexity index is 1020. The maximum atomic E-state index is 13.3. The molecule has 1 heterocycles. The molecule has 0 saturated heterocycles. The molecule has 0 fully saturated rings. The Morgan fingerprint density at radius 3 is 2.54 bits per heavy atom. The fourth-order valence-corrected chi connectivity index (χ4v) is 3.32. The highest BCUT2D eigenvalue weighted by molar-refractivity contribution is 6.00. The summed E-state index contributed by atoms with van der Waals surface area (Å²) in [5, 5.41) is 0.804. The summed E-state index contributed by atoms with van der Waals surface area (Å²) in [6.45, 7) is 0. The van der Waals surface area contributed by atoms with Gasteiger partial charge in [0.15, 0.2) is 0 Å². The minimum absolute atomic E-state index is 0.308. The Morgan fingerprint density at radius 1 is 1.04 bits per heavy atom. The molecule has 0 aliphatic heterocycles. The number of nitrogens with two attached hydrogens (primary N) is 1. The van der Waals surface area contributed by atoms with Gasteiger partial charge in [0.25, 0.3) is 0 Å². The number of allylic oxidation sites excluding steroid dienone is 2. The number of fused-ring (bicyclic) bond motifs is 1. The third-order valence-electron chi connectivity index (χ3n) is 4.43. The minimum Gasteiger partial charge on any atom is -0.422 e. The van der Waals surface area contributed by atoms with E-state index in [1.165, 1.54) is 12.1 Å². The fourth-order valence-electron chi connectivity index (χ4n) is 3.32. The molecule has 0 radical (unpaired) electrons. The topological polar surface area (TPSA) is 56.2 Å². The lowest BCUT2D eigenvalue weighted by molar-refractivity contribution is 0.559. The average Bonchev–Trinajstić information content (AvgIpc) is 3.08. The highest BCUT2D eigenvalue weighted by atomic mass is 19.1. The molecule has 24 heavy (non-hydrogen) atoms. The molecule has 4 heteroatoms. The van der Waals surface area contributed by atoms with Gasteiger partial charge in [-0.3, -0.25) is 0 Å². The van der Waals surface area contributed by atoms with E-state index >= 15 is 0 Å². The van der Waals surface area contributed by atoms with Crippen molar-refractivity contribution < 1.29 is 8.81 Å². The number of benzene rings is 2. The van der Waals surface area contributed by atoms with Gasteiger partial charge in [-0.2, -0.15) is 0 Å². The van der Waals surface area contributed by atoms with Crippen molar-refractivity contribution in [2.24, 2.45) is 0 Å². The third kappa shape index (κ3) is 2.40. The normalized spacial score (nSPS) is 14.1. The van der Waals surface area contributed by atoms with E-state index < -0.39 is 0 Å². The number of rotatable bonds is 2. The van der Waals surface area contributed by atoms with Crippen LogP contribution in [0.2, 0.25) is 0 Å². The smallest absolute Gasteiger partial charge is 0.344 e. The van der Waals surface area contributed by atoms with Crippen LogP contribution in [0, 0.1) is 5.82 Å². The maximum absolute atomic E-state index is 13.3. The summed E-state index contributed by atoms with van der Waals surface area (Å²) in [6.07, 6.45) is 4.91. The van der Waals surface area contributed by atoms with Crippen LogP contribution in [0.5, 0.6) is 0 Å². The highest BCUT2D eigenvalue weighted by Gasteiger charge is 2.21. The second-order valence-electron chi connectivity index (χ2n) is 6.02. The molecule has 0 amide bonds. The predicted molar refractivity (Wildman–Crippen MR) is 94.1 cm³/mol. The number of anilines is 1. The molecule has 0 spiro atoms. The van der Waals surface area contributed by atoms with Crippen molar-refractivity contribution in [3.8, 4) is 11.1 Å². The Labute approximate surface area is 138 Å². The van der Waals surface area contributed by atoms with E-state index in [0.717, 1.165) is 41.3 Å². The minimum atomic E-state index is -0.374. The van der Waals surface area contributed by atoms with Gasteiger partial charge in [0.2, 0.25) is 0 Å². The standard InChI is InChI=1S/C20H16FNO2/c21-14-7-5-13(6-8-14)18-16-10-9-15(22)11-17(16)24-20(23)19(18)12-3-1-2-4-12/h3,5-11H,1-2,4,22H2. The lowest BCUT2D eigenvalue weighted by atomic mass is 9.92. The molecular weight excluding hydrogens is 305 g/mol. The predicted octanol–water partition coefficient (Wildman–Crippen LogP) is 4.75. The van der Waals surface area contributed by atoms with Crippen LogP contribution in [0.1, 0.15) is 24.8 Å². The van der Waals surface area contributed by atoms with Gasteiger partial charge in [-0.1, -0.05) is 18.2 Å². The monoisotopic (exact) mass is 321 g/mol. The first-order valence-electron chi connectivity index (χ1n) is 7.95. The van der Waals surface area contributed by atoms with Crippen LogP contribution in [0.3, 0.4) is 0 Å². The van der Waals surface area contributed by atoms with Crippen LogP contribution in [0.4, 0.5) is 10.1 Å². The van der Waals surface area contributed by atoms with Gasteiger partial charge in [-0.15, -0.1) is 0 Å². The average molecular weight is 321 g/mol. The van der Waals surface area contributed by atoms with Crippen molar-refractivity contribution >= 4 is 22.2 Å². The summed E-state index contributed by atoms with van der Waals surface area (Å²) in [6, 6.07) is 11.5. The van der Waals surface area contributed by atoms with Crippen LogP contribution in [0.25, 0.3) is 27.7 Å². The Balaban J connectivity index is 2.11. The first-order chi connectivity index (χ1) is 11.6. The van der Waals surface area contributed by atoms with Crippen molar-refractivity contribution in [3.63, 3.8) is 0 Å². The molecule has 3 aromatic rings. The summed E-state index contributed by atoms with van der Waals surface area (Å²) in [5.41, 5.74) is 9.58. The Morgan fingerprint density at radius 2 is 1.83 bits per heavy atom. The largest absolute Gasteiger partial charge is 0.422 e. The van der Waals surface area contributed by atoms with Crippen LogP contribution in [-0.4, -0.2) is 0 Å². The van der Waals surface area contributed by atoms with E-state index in [0.29, 0.717) is 16.8 Å². The molecule has 120 valence electrons. The molecule has 0 atom stereocenters. The molecule has 1 aliphatic rings. The fraction of sp³-hybridized carbons (Fsp3) is 0.150. The van der Waals surface area contributed by atoms with Crippen molar-refractivity contribution in [1.82, 2.24) is 0 Å². The molecule has 0 unspecified atom stereocenters. The SMILES string of the molecule is Nc1ccc2c(-c3ccc(F)cc3)c(C3=CCCC3)c(=O)oc2c1. The zero-order chi connectivity index (χ0) is 16.7. The second kappa shape index (κ2) is 5.64. The van der Waals surface area contributed by atoms with E-state index in [1.807, 2.05) is 6.07 Å². The van der Waals surface area contributed by atoms with E-state index in [4.69, 9.17) is 10.2 Å². The van der Waals surface area contributed by atoms with Crippen molar-refractivity contribution in [1.29, 1.82) is 0 Å². The zero-order valence-corrected chi connectivity index (χ0v) is 13.0. The van der Waals surface area contributed by atoms with Crippen LogP contribution in [-0.2, 0) is 0 Å². The zero-order valence-electron chi connectivity index (χ0n) is 13.0. The van der Waals surface area contributed by atoms with Crippen molar-refractivity contribution in [2.75, 3.05) is 5.73 Å². The van der Waals surface area contributed by atoms with Gasteiger partial charge < -0.3 is 10.2 Å². The van der Waals surface area contributed by atoms with Gasteiger partial charge in [0.1, 0.15) is 11.4 Å². The highest BCUT2D eigenvalue weighted by Crippen LogP contribution is 2.37. The number of nitrogen functional groups attached to an aromatic ring is 1. The van der Waals surface area contributed by atoms with E-state index in [9.17, 15) is 9.18 Å². The first kappa shape index (κ1) is 14.7. The van der Waals surface area contributed by atoms with Crippen LogP contribution in [0.15, 0.2) is 57.8 Å². The maximum Gasteiger partial charge on any atom is 0.344 e. The van der Waals surface area contributed by atoms with Crippen molar-refractivity contribution in [2.45, 2.75) is 19.3 Å². The molecule has 2 N–H and O–H groups in total. The Hall–Kier alpha value is -2.88. The molecule has 0 saturated carbocycles. The van der Waals surface area contributed by atoms with Gasteiger partial charge in [0, 0.05) is 22.7 Å². The molecular formula is C20H16FNO2. The first-order valence-corrected chi connectivity index (χ1v) is 7.95. The summed E-state index contributed by atoms with van der Waals surface area (Å²) in [7, 11) is 0. The quantitative estimate of drug-likeness (QED) is 0.547. The van der Waals surface area contributed by atoms with Gasteiger partial charge >= 0.3 is 5.63 Å². The van der Waals surface area contributed by atoms with E-state index in [1.54, 1.807) is 24.3 Å².